The molecule has 2 aromatic rings. The largest absolute Gasteiger partial charge is 0.468 e. The highest BCUT2D eigenvalue weighted by atomic mass is 16.3. The van der Waals surface area contributed by atoms with E-state index in [1.165, 1.54) is 0 Å². The van der Waals surface area contributed by atoms with Crippen LogP contribution in [0.25, 0.3) is 0 Å². The second-order valence-corrected chi connectivity index (χ2v) is 6.75. The van der Waals surface area contributed by atoms with Gasteiger partial charge in [0, 0.05) is 24.8 Å². The number of rotatable bonds is 5. The quantitative estimate of drug-likeness (QED) is 0.865. The van der Waals surface area contributed by atoms with E-state index in [0.29, 0.717) is 5.56 Å². The zero-order chi connectivity index (χ0) is 18.5. The summed E-state index contributed by atoms with van der Waals surface area (Å²) in [5.41, 5.74) is 2.22. The summed E-state index contributed by atoms with van der Waals surface area (Å²) in [4.78, 5) is 26.7. The van der Waals surface area contributed by atoms with Crippen LogP contribution in [0.1, 0.15) is 34.5 Å². The highest BCUT2D eigenvalue weighted by Gasteiger charge is 2.26. The van der Waals surface area contributed by atoms with Gasteiger partial charge in [0.05, 0.1) is 18.7 Å². The number of nitrogens with zero attached hydrogens (tertiary/aromatic N) is 1. The van der Waals surface area contributed by atoms with Crippen LogP contribution in [0, 0.1) is 12.8 Å². The lowest BCUT2D eigenvalue weighted by atomic mass is 9.96. The predicted octanol–water partition coefficient (Wildman–Crippen LogP) is 2.80. The number of anilines is 1. The molecule has 2 N–H and O–H groups in total. The maximum atomic E-state index is 12.7. The van der Waals surface area contributed by atoms with Gasteiger partial charge in [-0.25, -0.2) is 0 Å². The van der Waals surface area contributed by atoms with Gasteiger partial charge in [-0.15, -0.1) is 0 Å². The minimum absolute atomic E-state index is 0.0323. The molecule has 6 nitrogen and oxygen atoms in total. The van der Waals surface area contributed by atoms with Gasteiger partial charge < -0.3 is 15.1 Å². The van der Waals surface area contributed by atoms with Crippen LogP contribution in [0.4, 0.5) is 5.69 Å². The standard InChI is InChI=1S/C20H25N3O3/c1-14-11-15(19(24)21-2)7-8-18(14)22-20(25)16-5-3-9-23(12-16)13-17-6-4-10-26-17/h4,6-8,10-11,16H,3,5,9,12-13H2,1-2H3,(H,21,24)(H,22,25). The summed E-state index contributed by atoms with van der Waals surface area (Å²) in [6.45, 7) is 4.33. The SMILES string of the molecule is CNC(=O)c1ccc(NC(=O)C2CCCN(Cc3ccco3)C2)c(C)c1. The molecule has 26 heavy (non-hydrogen) atoms. The van der Waals surface area contributed by atoms with Crippen LogP contribution in [0.15, 0.2) is 41.0 Å². The molecule has 0 radical (unpaired) electrons. The number of carbonyl (C=O) groups excluding carboxylic acids is 2. The Morgan fingerprint density at radius 1 is 1.31 bits per heavy atom. The summed E-state index contributed by atoms with van der Waals surface area (Å²) in [5, 5.41) is 5.63. The molecule has 1 aliphatic heterocycles. The molecule has 1 saturated heterocycles. The van der Waals surface area contributed by atoms with Crippen molar-refractivity contribution < 1.29 is 14.0 Å². The first-order valence-electron chi connectivity index (χ1n) is 8.95. The van der Waals surface area contributed by atoms with Gasteiger partial charge in [0.25, 0.3) is 5.91 Å². The lowest BCUT2D eigenvalue weighted by molar-refractivity contribution is -0.121. The Kier molecular flexibility index (Phi) is 5.73. The Hall–Kier alpha value is -2.60. The van der Waals surface area contributed by atoms with Gasteiger partial charge in [0.15, 0.2) is 0 Å². The van der Waals surface area contributed by atoms with E-state index in [1.807, 2.05) is 19.1 Å². The first-order chi connectivity index (χ1) is 12.6. The van der Waals surface area contributed by atoms with Gasteiger partial charge >= 0.3 is 0 Å². The van der Waals surface area contributed by atoms with Crippen molar-refractivity contribution in [2.75, 3.05) is 25.5 Å². The van der Waals surface area contributed by atoms with Crippen LogP contribution >= 0.6 is 0 Å². The monoisotopic (exact) mass is 355 g/mol. The van der Waals surface area contributed by atoms with E-state index in [9.17, 15) is 9.59 Å². The number of amides is 2. The van der Waals surface area contributed by atoms with Gasteiger partial charge in [-0.3, -0.25) is 14.5 Å². The Morgan fingerprint density at radius 2 is 2.15 bits per heavy atom. The smallest absolute Gasteiger partial charge is 0.251 e. The lowest BCUT2D eigenvalue weighted by Crippen LogP contribution is -2.40. The first-order valence-corrected chi connectivity index (χ1v) is 8.95. The van der Waals surface area contributed by atoms with E-state index in [-0.39, 0.29) is 17.7 Å². The van der Waals surface area contributed by atoms with Gasteiger partial charge in [0.1, 0.15) is 5.76 Å². The molecular formula is C20H25N3O3. The van der Waals surface area contributed by atoms with Crippen molar-refractivity contribution >= 4 is 17.5 Å². The zero-order valence-electron chi connectivity index (χ0n) is 15.2. The number of furan rings is 1. The molecule has 3 rings (SSSR count). The van der Waals surface area contributed by atoms with E-state index in [2.05, 4.69) is 15.5 Å². The number of hydrogen-bond donors (Lipinski definition) is 2. The van der Waals surface area contributed by atoms with Gasteiger partial charge in [-0.1, -0.05) is 0 Å². The average molecular weight is 355 g/mol. The van der Waals surface area contributed by atoms with Crippen LogP contribution < -0.4 is 10.6 Å². The van der Waals surface area contributed by atoms with E-state index in [0.717, 1.165) is 49.5 Å². The fourth-order valence-electron chi connectivity index (χ4n) is 3.36. The third-order valence-corrected chi connectivity index (χ3v) is 4.81. The second-order valence-electron chi connectivity index (χ2n) is 6.75. The molecule has 1 aromatic carbocycles. The van der Waals surface area contributed by atoms with Crippen molar-refractivity contribution in [1.82, 2.24) is 10.2 Å². The summed E-state index contributed by atoms with van der Waals surface area (Å²) in [5.74, 6) is 0.778. The maximum Gasteiger partial charge on any atom is 0.251 e. The second kappa shape index (κ2) is 8.19. The first kappa shape index (κ1) is 18.2. The fraction of sp³-hybridized carbons (Fsp3) is 0.400. The molecular weight excluding hydrogens is 330 g/mol. The Balaban J connectivity index is 1.61. The third-order valence-electron chi connectivity index (χ3n) is 4.81. The molecule has 0 saturated carbocycles. The molecule has 1 unspecified atom stereocenters. The topological polar surface area (TPSA) is 74.6 Å². The van der Waals surface area contributed by atoms with Gasteiger partial charge in [-0.2, -0.15) is 0 Å². The molecule has 2 amide bonds. The van der Waals surface area contributed by atoms with E-state index in [1.54, 1.807) is 31.5 Å². The molecule has 1 aromatic heterocycles. The number of benzene rings is 1. The molecule has 1 fully saturated rings. The maximum absolute atomic E-state index is 12.7. The van der Waals surface area contributed by atoms with Crippen LogP contribution in [0.3, 0.4) is 0 Å². The van der Waals surface area contributed by atoms with Crippen LogP contribution in [0.5, 0.6) is 0 Å². The number of likely N-dealkylation sites (tertiary alicyclic amines) is 1. The number of piperidine rings is 1. The summed E-state index contributed by atoms with van der Waals surface area (Å²) < 4.78 is 5.41. The van der Waals surface area contributed by atoms with Crippen molar-refractivity contribution in [1.29, 1.82) is 0 Å². The molecule has 6 heteroatoms. The van der Waals surface area contributed by atoms with Gasteiger partial charge in [0.2, 0.25) is 5.91 Å². The normalized spacial score (nSPS) is 17.7. The Morgan fingerprint density at radius 3 is 2.85 bits per heavy atom. The zero-order valence-corrected chi connectivity index (χ0v) is 15.2. The summed E-state index contributed by atoms with van der Waals surface area (Å²) in [7, 11) is 1.60. The van der Waals surface area contributed by atoms with Crippen molar-refractivity contribution in [3.63, 3.8) is 0 Å². The lowest BCUT2D eigenvalue weighted by Gasteiger charge is -2.31. The minimum atomic E-state index is -0.133. The van der Waals surface area contributed by atoms with Crippen LogP contribution in [-0.4, -0.2) is 36.9 Å². The number of carbonyl (C=O) groups is 2. The van der Waals surface area contributed by atoms with Crippen molar-refractivity contribution in [3.8, 4) is 0 Å². The van der Waals surface area contributed by atoms with E-state index in [4.69, 9.17) is 4.42 Å². The third kappa shape index (κ3) is 4.32. The van der Waals surface area contributed by atoms with Crippen LogP contribution in [-0.2, 0) is 11.3 Å². The van der Waals surface area contributed by atoms with Crippen LogP contribution in [0.2, 0.25) is 0 Å². The number of nitrogens with one attached hydrogen (secondary N) is 2. The Bertz CT molecular complexity index is 771. The Labute approximate surface area is 153 Å². The minimum Gasteiger partial charge on any atom is -0.468 e. The van der Waals surface area contributed by atoms with E-state index >= 15 is 0 Å². The molecule has 0 bridgehead atoms. The fourth-order valence-corrected chi connectivity index (χ4v) is 3.36. The molecule has 138 valence electrons. The van der Waals surface area contributed by atoms with Crippen molar-refractivity contribution in [2.45, 2.75) is 26.3 Å². The molecule has 1 aliphatic rings. The molecule has 0 spiro atoms. The van der Waals surface area contributed by atoms with E-state index < -0.39 is 0 Å². The van der Waals surface area contributed by atoms with Crippen molar-refractivity contribution in [3.05, 3.63) is 53.5 Å². The highest BCUT2D eigenvalue weighted by Crippen LogP contribution is 2.22. The van der Waals surface area contributed by atoms with Crippen molar-refractivity contribution in [2.24, 2.45) is 5.92 Å². The highest BCUT2D eigenvalue weighted by molar-refractivity contribution is 5.97. The molecule has 0 aliphatic carbocycles. The summed E-state index contributed by atoms with van der Waals surface area (Å²) in [6.07, 6.45) is 3.55. The summed E-state index contributed by atoms with van der Waals surface area (Å²) in [6, 6.07) is 9.15. The number of aryl methyl sites for hydroxylation is 1. The van der Waals surface area contributed by atoms with Gasteiger partial charge in [-0.05, 0) is 62.2 Å². The summed E-state index contributed by atoms with van der Waals surface area (Å²) >= 11 is 0. The molecule has 1 atom stereocenters. The number of hydrogen-bond acceptors (Lipinski definition) is 4. The predicted molar refractivity (Wildman–Crippen MR) is 99.9 cm³/mol. The molecule has 2 heterocycles. The average Bonchev–Trinajstić information content (AvgIpc) is 3.15.